The average molecular weight is 667 g/mol. The first-order valence-corrected chi connectivity index (χ1v) is 21.1. The van der Waals surface area contributed by atoms with Crippen molar-refractivity contribution < 1.29 is 24.2 Å². The first-order chi connectivity index (χ1) is 23.1. The fraction of sp³-hybridized carbons (Fsp3) is 0.952. The van der Waals surface area contributed by atoms with Crippen LogP contribution in [0.3, 0.4) is 0 Å². The standard InChI is InChI=1S/C42H82O5/c1-3-5-7-9-11-13-15-17-18-19-20-21-22-23-25-26-28-30-32-34-36-41(44)46-39-40(38-43)47-42(45)37-35-33-31-29-27-24-16-14-12-10-8-6-4-2/h40,43H,3-39H2,1-2H3/t40-/m0/s1. The second-order valence-corrected chi connectivity index (χ2v) is 14.4. The predicted molar refractivity (Wildman–Crippen MR) is 201 cm³/mol. The molecular formula is C42H82O5. The zero-order chi connectivity index (χ0) is 34.3. The molecule has 0 aliphatic rings. The van der Waals surface area contributed by atoms with Crippen LogP contribution in [0.15, 0.2) is 0 Å². The summed E-state index contributed by atoms with van der Waals surface area (Å²) < 4.78 is 10.6. The maximum atomic E-state index is 12.2. The summed E-state index contributed by atoms with van der Waals surface area (Å²) in [6.07, 6.45) is 43.1. The highest BCUT2D eigenvalue weighted by Crippen LogP contribution is 2.16. The molecule has 0 spiro atoms. The molecule has 5 heteroatoms. The minimum atomic E-state index is -0.761. The Hall–Kier alpha value is -1.10. The molecule has 0 rings (SSSR count). The van der Waals surface area contributed by atoms with E-state index in [1.54, 1.807) is 0 Å². The van der Waals surface area contributed by atoms with Gasteiger partial charge < -0.3 is 14.6 Å². The molecule has 280 valence electrons. The van der Waals surface area contributed by atoms with Crippen molar-refractivity contribution in [3.63, 3.8) is 0 Å². The van der Waals surface area contributed by atoms with Crippen LogP contribution in [0.1, 0.15) is 239 Å². The van der Waals surface area contributed by atoms with Crippen molar-refractivity contribution in [2.24, 2.45) is 0 Å². The number of ether oxygens (including phenoxy) is 2. The van der Waals surface area contributed by atoms with Gasteiger partial charge in [-0.1, -0.05) is 213 Å². The topological polar surface area (TPSA) is 72.8 Å². The minimum Gasteiger partial charge on any atom is -0.462 e. The number of carbonyl (C=O) groups excluding carboxylic acids is 2. The summed E-state index contributed by atoms with van der Waals surface area (Å²) in [4.78, 5) is 24.3. The third kappa shape index (κ3) is 37.6. The highest BCUT2D eigenvalue weighted by molar-refractivity contribution is 5.70. The summed E-state index contributed by atoms with van der Waals surface area (Å²) in [7, 11) is 0. The number of aliphatic hydroxyl groups is 1. The molecule has 0 aromatic rings. The molecule has 0 amide bonds. The lowest BCUT2D eigenvalue weighted by Crippen LogP contribution is -2.28. The Kier molecular flexibility index (Phi) is 38.4. The molecule has 0 aromatic carbocycles. The Morgan fingerprint density at radius 1 is 0.404 bits per heavy atom. The van der Waals surface area contributed by atoms with Crippen molar-refractivity contribution >= 4 is 11.9 Å². The lowest BCUT2D eigenvalue weighted by molar-refractivity contribution is -0.161. The highest BCUT2D eigenvalue weighted by atomic mass is 16.6. The molecule has 0 fully saturated rings. The van der Waals surface area contributed by atoms with Crippen molar-refractivity contribution in [1.82, 2.24) is 0 Å². The van der Waals surface area contributed by atoms with Gasteiger partial charge in [-0.25, -0.2) is 0 Å². The molecule has 0 radical (unpaired) electrons. The number of hydrogen-bond acceptors (Lipinski definition) is 5. The second kappa shape index (κ2) is 39.3. The number of carbonyl (C=O) groups is 2. The van der Waals surface area contributed by atoms with Crippen LogP contribution in [0.5, 0.6) is 0 Å². The van der Waals surface area contributed by atoms with Crippen molar-refractivity contribution in [2.75, 3.05) is 13.2 Å². The maximum absolute atomic E-state index is 12.2. The van der Waals surface area contributed by atoms with Crippen LogP contribution in [0.25, 0.3) is 0 Å². The molecular weight excluding hydrogens is 584 g/mol. The summed E-state index contributed by atoms with van der Waals surface area (Å²) >= 11 is 0. The molecule has 1 N–H and O–H groups in total. The van der Waals surface area contributed by atoms with Crippen LogP contribution < -0.4 is 0 Å². The Bertz CT molecular complexity index is 637. The Labute approximate surface area is 293 Å². The number of esters is 2. The second-order valence-electron chi connectivity index (χ2n) is 14.4. The number of hydrogen-bond donors (Lipinski definition) is 1. The van der Waals surface area contributed by atoms with Crippen LogP contribution >= 0.6 is 0 Å². The maximum Gasteiger partial charge on any atom is 0.306 e. The van der Waals surface area contributed by atoms with E-state index >= 15 is 0 Å². The fourth-order valence-electron chi connectivity index (χ4n) is 6.44. The molecule has 0 saturated heterocycles. The van der Waals surface area contributed by atoms with Gasteiger partial charge in [0.25, 0.3) is 0 Å². The quantitative estimate of drug-likeness (QED) is 0.0522. The van der Waals surface area contributed by atoms with Gasteiger partial charge in [0.2, 0.25) is 0 Å². The molecule has 0 aromatic heterocycles. The largest absolute Gasteiger partial charge is 0.462 e. The monoisotopic (exact) mass is 667 g/mol. The van der Waals surface area contributed by atoms with Crippen LogP contribution in [0, 0.1) is 0 Å². The third-order valence-electron chi connectivity index (χ3n) is 9.65. The Morgan fingerprint density at radius 3 is 0.936 bits per heavy atom. The number of rotatable bonds is 39. The van der Waals surface area contributed by atoms with E-state index < -0.39 is 6.10 Å². The zero-order valence-electron chi connectivity index (χ0n) is 31.8. The number of aliphatic hydroxyl groups excluding tert-OH is 1. The first kappa shape index (κ1) is 45.9. The molecule has 0 aliphatic heterocycles. The van der Waals surface area contributed by atoms with E-state index in [0.29, 0.717) is 12.8 Å². The predicted octanol–water partition coefficient (Wildman–Crippen LogP) is 13.1. The highest BCUT2D eigenvalue weighted by Gasteiger charge is 2.16. The van der Waals surface area contributed by atoms with Gasteiger partial charge in [-0.15, -0.1) is 0 Å². The van der Waals surface area contributed by atoms with E-state index in [1.807, 2.05) is 0 Å². The Morgan fingerprint density at radius 2 is 0.660 bits per heavy atom. The van der Waals surface area contributed by atoms with Gasteiger partial charge in [0.05, 0.1) is 6.61 Å². The lowest BCUT2D eigenvalue weighted by atomic mass is 10.0. The number of unbranched alkanes of at least 4 members (excludes halogenated alkanes) is 31. The van der Waals surface area contributed by atoms with E-state index in [4.69, 9.17) is 9.47 Å². The van der Waals surface area contributed by atoms with E-state index in [9.17, 15) is 14.7 Å². The molecule has 0 saturated carbocycles. The van der Waals surface area contributed by atoms with Crippen molar-refractivity contribution in [1.29, 1.82) is 0 Å². The van der Waals surface area contributed by atoms with Crippen LogP contribution in [0.4, 0.5) is 0 Å². The first-order valence-electron chi connectivity index (χ1n) is 21.1. The molecule has 5 nitrogen and oxygen atoms in total. The summed E-state index contributed by atoms with van der Waals surface area (Å²) in [5.74, 6) is -0.573. The van der Waals surface area contributed by atoms with Crippen molar-refractivity contribution in [3.05, 3.63) is 0 Å². The van der Waals surface area contributed by atoms with Gasteiger partial charge in [0.15, 0.2) is 6.10 Å². The van der Waals surface area contributed by atoms with Crippen LogP contribution in [0.2, 0.25) is 0 Å². The van der Waals surface area contributed by atoms with Gasteiger partial charge in [-0.05, 0) is 12.8 Å². The fourth-order valence-corrected chi connectivity index (χ4v) is 6.44. The SMILES string of the molecule is CCCCCCCCCCCCCCCCCCCCCCC(=O)OC[C@H](CO)OC(=O)CCCCCCCCCCCCCCC. The van der Waals surface area contributed by atoms with Crippen molar-refractivity contribution in [3.8, 4) is 0 Å². The molecule has 0 aliphatic carbocycles. The smallest absolute Gasteiger partial charge is 0.306 e. The summed E-state index contributed by atoms with van der Waals surface area (Å²) in [6.45, 7) is 4.17. The van der Waals surface area contributed by atoms with E-state index in [1.165, 1.54) is 180 Å². The molecule has 0 bridgehead atoms. The molecule has 0 heterocycles. The van der Waals surface area contributed by atoms with Gasteiger partial charge in [0, 0.05) is 12.8 Å². The lowest BCUT2D eigenvalue weighted by Gasteiger charge is -2.15. The summed E-state index contributed by atoms with van der Waals surface area (Å²) in [5.41, 5.74) is 0. The third-order valence-corrected chi connectivity index (χ3v) is 9.65. The van der Waals surface area contributed by atoms with Crippen LogP contribution in [-0.4, -0.2) is 36.4 Å². The van der Waals surface area contributed by atoms with Gasteiger partial charge in [0.1, 0.15) is 6.61 Å². The van der Waals surface area contributed by atoms with Crippen LogP contribution in [-0.2, 0) is 19.1 Å². The van der Waals surface area contributed by atoms with Gasteiger partial charge >= 0.3 is 11.9 Å². The van der Waals surface area contributed by atoms with E-state index in [2.05, 4.69) is 13.8 Å². The minimum absolute atomic E-state index is 0.0567. The normalized spacial score (nSPS) is 12.0. The average Bonchev–Trinajstić information content (AvgIpc) is 3.07. The van der Waals surface area contributed by atoms with Crippen molar-refractivity contribution in [2.45, 2.75) is 245 Å². The van der Waals surface area contributed by atoms with Gasteiger partial charge in [-0.3, -0.25) is 9.59 Å². The zero-order valence-corrected chi connectivity index (χ0v) is 31.8. The molecule has 0 unspecified atom stereocenters. The van der Waals surface area contributed by atoms with E-state index in [-0.39, 0.29) is 25.2 Å². The summed E-state index contributed by atoms with van der Waals surface area (Å²) in [6, 6.07) is 0. The molecule has 1 atom stereocenters. The Balaban J connectivity index is 3.45. The van der Waals surface area contributed by atoms with E-state index in [0.717, 1.165) is 32.1 Å². The summed E-state index contributed by atoms with van der Waals surface area (Å²) in [5, 5.41) is 9.55. The molecule has 47 heavy (non-hydrogen) atoms. The van der Waals surface area contributed by atoms with Gasteiger partial charge in [-0.2, -0.15) is 0 Å².